The molecule has 7 N–H and O–H groups in total. The van der Waals surface area contributed by atoms with Gasteiger partial charge < -0.3 is 54.7 Å². The standard InChI is InChI=1S/C16H27NO11/c1-16(2,5-17)28-15-13(11(23)9(21)7(4-19)26-15)27-14-12(24)10(22)8(20)6(3-18)25-14/h6-15,18-24H,3-4H2,1-2H3/t6-,7-,8+,9+,10+,11+,12+,13+,14+,15+/m0/s1. The summed E-state index contributed by atoms with van der Waals surface area (Å²) in [5.41, 5.74) is -1.40. The van der Waals surface area contributed by atoms with Gasteiger partial charge in [0.1, 0.15) is 48.8 Å². The fourth-order valence-corrected chi connectivity index (χ4v) is 2.95. The maximum Gasteiger partial charge on any atom is 0.189 e. The SMILES string of the molecule is CC(C)(C#N)O[C@H]1O[C@@H](CO)[C@@H](O)[C@@H](O)[C@H]1O[C@H]1O[C@@H](CO)[C@@H](O)[C@@H](O)[C@H]1O. The fraction of sp³-hybridized carbons (Fsp3) is 0.938. The molecular weight excluding hydrogens is 382 g/mol. The zero-order valence-electron chi connectivity index (χ0n) is 15.4. The van der Waals surface area contributed by atoms with Crippen LogP contribution in [0.25, 0.3) is 0 Å². The lowest BCUT2D eigenvalue weighted by atomic mass is 9.97. The Morgan fingerprint density at radius 1 is 0.821 bits per heavy atom. The molecule has 28 heavy (non-hydrogen) atoms. The third kappa shape index (κ3) is 4.78. The zero-order chi connectivity index (χ0) is 21.2. The van der Waals surface area contributed by atoms with Crippen LogP contribution in [0.3, 0.4) is 0 Å². The van der Waals surface area contributed by atoms with Crippen LogP contribution >= 0.6 is 0 Å². The van der Waals surface area contributed by atoms with E-state index in [0.717, 1.165) is 0 Å². The lowest BCUT2D eigenvalue weighted by Crippen LogP contribution is -2.65. The topological polar surface area (TPSA) is 202 Å². The smallest absolute Gasteiger partial charge is 0.189 e. The maximum absolute atomic E-state index is 10.4. The predicted octanol–water partition coefficient (Wildman–Crippen LogP) is -4.07. The van der Waals surface area contributed by atoms with Crippen LogP contribution in [0, 0.1) is 11.3 Å². The maximum atomic E-state index is 10.4. The zero-order valence-corrected chi connectivity index (χ0v) is 15.4. The molecule has 0 bridgehead atoms. The lowest BCUT2D eigenvalue weighted by Gasteiger charge is -2.46. The largest absolute Gasteiger partial charge is 0.394 e. The summed E-state index contributed by atoms with van der Waals surface area (Å²) in [6.45, 7) is 1.47. The average Bonchev–Trinajstić information content (AvgIpc) is 2.67. The van der Waals surface area contributed by atoms with Crippen molar-refractivity contribution in [1.29, 1.82) is 5.26 Å². The Morgan fingerprint density at radius 2 is 1.32 bits per heavy atom. The number of rotatable bonds is 6. The van der Waals surface area contributed by atoms with E-state index in [0.29, 0.717) is 0 Å². The van der Waals surface area contributed by atoms with Crippen molar-refractivity contribution in [3.63, 3.8) is 0 Å². The van der Waals surface area contributed by atoms with Crippen molar-refractivity contribution in [2.45, 2.75) is 80.9 Å². The number of ether oxygens (including phenoxy) is 4. The van der Waals surface area contributed by atoms with Gasteiger partial charge in [-0.2, -0.15) is 5.26 Å². The molecule has 0 aliphatic carbocycles. The van der Waals surface area contributed by atoms with Crippen LogP contribution in [-0.2, 0) is 18.9 Å². The summed E-state index contributed by atoms with van der Waals surface area (Å²) in [5.74, 6) is 0. The second kappa shape index (κ2) is 9.24. The summed E-state index contributed by atoms with van der Waals surface area (Å²) < 4.78 is 21.6. The van der Waals surface area contributed by atoms with Gasteiger partial charge in [0.05, 0.1) is 19.3 Å². The summed E-state index contributed by atoms with van der Waals surface area (Å²) >= 11 is 0. The minimum Gasteiger partial charge on any atom is -0.394 e. The minimum atomic E-state index is -1.76. The van der Waals surface area contributed by atoms with E-state index in [1.54, 1.807) is 0 Å². The highest BCUT2D eigenvalue weighted by atomic mass is 16.8. The van der Waals surface area contributed by atoms with Crippen molar-refractivity contribution in [2.75, 3.05) is 13.2 Å². The van der Waals surface area contributed by atoms with E-state index < -0.39 is 80.2 Å². The van der Waals surface area contributed by atoms with E-state index >= 15 is 0 Å². The number of hydrogen-bond donors (Lipinski definition) is 7. The van der Waals surface area contributed by atoms with Gasteiger partial charge in [0, 0.05) is 0 Å². The Hall–Kier alpha value is -0.950. The highest BCUT2D eigenvalue weighted by Gasteiger charge is 2.51. The average molecular weight is 409 g/mol. The Labute approximate surface area is 161 Å². The van der Waals surface area contributed by atoms with Gasteiger partial charge in [0.2, 0.25) is 0 Å². The predicted molar refractivity (Wildman–Crippen MR) is 87.2 cm³/mol. The monoisotopic (exact) mass is 409 g/mol. The first-order chi connectivity index (χ1) is 13.1. The number of nitriles is 1. The molecule has 12 heteroatoms. The molecule has 0 radical (unpaired) electrons. The lowest BCUT2D eigenvalue weighted by molar-refractivity contribution is -0.374. The van der Waals surface area contributed by atoms with E-state index in [1.807, 2.05) is 6.07 Å². The molecule has 10 atom stereocenters. The summed E-state index contributed by atoms with van der Waals surface area (Å²) in [7, 11) is 0. The molecule has 2 heterocycles. The fourth-order valence-electron chi connectivity index (χ4n) is 2.95. The van der Waals surface area contributed by atoms with Crippen LogP contribution in [-0.4, -0.2) is 116 Å². The highest BCUT2D eigenvalue weighted by Crippen LogP contribution is 2.31. The Balaban J connectivity index is 2.24. The van der Waals surface area contributed by atoms with Gasteiger partial charge in [-0.25, -0.2) is 0 Å². The van der Waals surface area contributed by atoms with Gasteiger partial charge in [-0.3, -0.25) is 0 Å². The van der Waals surface area contributed by atoms with Crippen molar-refractivity contribution >= 4 is 0 Å². The van der Waals surface area contributed by atoms with Crippen LogP contribution in [0.15, 0.2) is 0 Å². The minimum absolute atomic E-state index is 0.655. The molecule has 0 amide bonds. The highest BCUT2D eigenvalue weighted by molar-refractivity contribution is 4.98. The molecule has 0 aromatic carbocycles. The van der Waals surface area contributed by atoms with Crippen LogP contribution in [0.5, 0.6) is 0 Å². The number of hydrogen-bond acceptors (Lipinski definition) is 12. The molecule has 2 rings (SSSR count). The summed E-state index contributed by atoms with van der Waals surface area (Å²) in [5, 5.41) is 78.0. The van der Waals surface area contributed by atoms with Crippen molar-refractivity contribution in [2.24, 2.45) is 0 Å². The Morgan fingerprint density at radius 3 is 1.82 bits per heavy atom. The molecule has 0 aromatic heterocycles. The van der Waals surface area contributed by atoms with Gasteiger partial charge in [-0.15, -0.1) is 0 Å². The van der Waals surface area contributed by atoms with Gasteiger partial charge >= 0.3 is 0 Å². The molecule has 2 fully saturated rings. The normalized spacial score (nSPS) is 44.9. The van der Waals surface area contributed by atoms with Gasteiger partial charge in [0.25, 0.3) is 0 Å². The van der Waals surface area contributed by atoms with E-state index in [1.165, 1.54) is 13.8 Å². The molecule has 12 nitrogen and oxygen atoms in total. The first kappa shape index (κ1) is 23.3. The number of nitrogens with zero attached hydrogens (tertiary/aromatic N) is 1. The number of aliphatic hydroxyl groups is 7. The Kier molecular flexibility index (Phi) is 7.70. The molecule has 0 aromatic rings. The van der Waals surface area contributed by atoms with E-state index in [2.05, 4.69) is 0 Å². The van der Waals surface area contributed by atoms with Gasteiger partial charge in [0.15, 0.2) is 18.2 Å². The molecule has 2 saturated heterocycles. The molecule has 2 aliphatic heterocycles. The van der Waals surface area contributed by atoms with E-state index in [-0.39, 0.29) is 0 Å². The van der Waals surface area contributed by atoms with Crippen LogP contribution in [0.2, 0.25) is 0 Å². The van der Waals surface area contributed by atoms with Crippen molar-refractivity contribution in [1.82, 2.24) is 0 Å². The summed E-state index contributed by atoms with van der Waals surface area (Å²) in [6, 6.07) is 1.86. The first-order valence-corrected chi connectivity index (χ1v) is 8.73. The van der Waals surface area contributed by atoms with Crippen molar-refractivity contribution in [3.8, 4) is 6.07 Å². The van der Waals surface area contributed by atoms with Crippen molar-refractivity contribution in [3.05, 3.63) is 0 Å². The molecule has 0 saturated carbocycles. The van der Waals surface area contributed by atoms with Crippen LogP contribution in [0.1, 0.15) is 13.8 Å². The number of aliphatic hydroxyl groups excluding tert-OH is 7. The molecule has 0 unspecified atom stereocenters. The summed E-state index contributed by atoms with van der Waals surface area (Å²) in [4.78, 5) is 0. The van der Waals surface area contributed by atoms with E-state index in [4.69, 9.17) is 24.2 Å². The molecule has 2 aliphatic rings. The quantitative estimate of drug-likeness (QED) is 0.224. The summed E-state index contributed by atoms with van der Waals surface area (Å²) in [6.07, 6.45) is -15.5. The van der Waals surface area contributed by atoms with Gasteiger partial charge in [-0.1, -0.05) is 0 Å². The van der Waals surface area contributed by atoms with Crippen LogP contribution in [0.4, 0.5) is 0 Å². The van der Waals surface area contributed by atoms with Crippen molar-refractivity contribution < 1.29 is 54.7 Å². The molecular formula is C16H27NO11. The third-order valence-electron chi connectivity index (χ3n) is 4.64. The van der Waals surface area contributed by atoms with E-state index in [9.17, 15) is 35.7 Å². The van der Waals surface area contributed by atoms with Crippen LogP contribution < -0.4 is 0 Å². The molecule has 162 valence electrons. The third-order valence-corrected chi connectivity index (χ3v) is 4.64. The Bertz CT molecular complexity index is 553. The van der Waals surface area contributed by atoms with Gasteiger partial charge in [-0.05, 0) is 13.8 Å². The first-order valence-electron chi connectivity index (χ1n) is 8.73. The second-order valence-corrected chi connectivity index (χ2v) is 7.24. The molecule has 0 spiro atoms. The second-order valence-electron chi connectivity index (χ2n) is 7.24.